The van der Waals surface area contributed by atoms with E-state index in [0.29, 0.717) is 18.8 Å². The Morgan fingerprint density at radius 3 is 2.33 bits per heavy atom. The van der Waals surface area contributed by atoms with Crippen LogP contribution >= 0.6 is 0 Å². The van der Waals surface area contributed by atoms with E-state index in [9.17, 15) is 13.7 Å². The molecule has 0 saturated heterocycles. The number of nitrogens with zero attached hydrogens (tertiary/aromatic N) is 1. The van der Waals surface area contributed by atoms with E-state index in [0.717, 1.165) is 19.3 Å². The molecule has 5 heteroatoms. The lowest BCUT2D eigenvalue weighted by Crippen LogP contribution is -2.50. The highest BCUT2D eigenvalue weighted by Gasteiger charge is 2.38. The van der Waals surface area contributed by atoms with Gasteiger partial charge in [0.05, 0.1) is 11.8 Å². The summed E-state index contributed by atoms with van der Waals surface area (Å²) < 4.78 is 26.6. The molecule has 0 atom stereocenters. The largest absolute Gasteiger partial charge is 0.213 e. The van der Waals surface area contributed by atoms with Gasteiger partial charge in [-0.05, 0) is 37.5 Å². The second kappa shape index (κ2) is 6.03. The molecule has 18 heavy (non-hydrogen) atoms. The normalized spacial score (nSPS) is 29.2. The van der Waals surface area contributed by atoms with Crippen molar-refractivity contribution in [2.45, 2.75) is 58.4 Å². The molecule has 4 nitrogen and oxygen atoms in total. The van der Waals surface area contributed by atoms with Crippen LogP contribution in [0.3, 0.4) is 0 Å². The first-order valence-electron chi connectivity index (χ1n) is 6.75. The lowest BCUT2D eigenvalue weighted by atomic mass is 9.77. The third-order valence-electron chi connectivity index (χ3n) is 3.65. The van der Waals surface area contributed by atoms with Crippen molar-refractivity contribution in [2.75, 3.05) is 5.75 Å². The predicted molar refractivity (Wildman–Crippen MR) is 72.4 cm³/mol. The van der Waals surface area contributed by atoms with Crippen molar-refractivity contribution in [1.82, 2.24) is 4.72 Å². The Hall–Kier alpha value is -0.600. The third kappa shape index (κ3) is 4.25. The molecule has 1 fully saturated rings. The van der Waals surface area contributed by atoms with Crippen molar-refractivity contribution in [1.29, 1.82) is 5.26 Å². The molecule has 1 aliphatic carbocycles. The van der Waals surface area contributed by atoms with E-state index in [1.807, 2.05) is 13.8 Å². The molecule has 104 valence electrons. The Morgan fingerprint density at radius 1 is 1.39 bits per heavy atom. The number of rotatable bonds is 5. The van der Waals surface area contributed by atoms with Crippen LogP contribution in [0, 0.1) is 23.2 Å². The van der Waals surface area contributed by atoms with Crippen molar-refractivity contribution >= 4 is 10.0 Å². The maximum atomic E-state index is 12.0. The summed E-state index contributed by atoms with van der Waals surface area (Å²) in [4.78, 5) is 0. The van der Waals surface area contributed by atoms with Gasteiger partial charge in [-0.3, -0.25) is 0 Å². The number of nitrogens with one attached hydrogen (secondary N) is 1. The second-order valence-corrected chi connectivity index (χ2v) is 7.59. The van der Waals surface area contributed by atoms with Crippen LogP contribution in [-0.4, -0.2) is 19.7 Å². The van der Waals surface area contributed by atoms with E-state index in [1.54, 1.807) is 0 Å². The summed E-state index contributed by atoms with van der Waals surface area (Å²) in [5.41, 5.74) is -0.862. The van der Waals surface area contributed by atoms with Crippen molar-refractivity contribution in [3.05, 3.63) is 0 Å². The summed E-state index contributed by atoms with van der Waals surface area (Å²) in [6, 6.07) is 2.20. The third-order valence-corrected chi connectivity index (χ3v) is 5.46. The summed E-state index contributed by atoms with van der Waals surface area (Å²) in [5.74, 6) is 0.805. The second-order valence-electron chi connectivity index (χ2n) is 5.82. The number of sulfonamides is 1. The molecule has 0 aliphatic heterocycles. The highest BCUT2D eigenvalue weighted by Crippen LogP contribution is 2.33. The first-order valence-corrected chi connectivity index (χ1v) is 8.40. The monoisotopic (exact) mass is 272 g/mol. The zero-order valence-corrected chi connectivity index (χ0v) is 12.4. The van der Waals surface area contributed by atoms with Gasteiger partial charge < -0.3 is 0 Å². The fourth-order valence-corrected chi connectivity index (χ4v) is 4.40. The minimum Gasteiger partial charge on any atom is -0.212 e. The zero-order chi connectivity index (χ0) is 13.8. The molecule has 0 heterocycles. The molecule has 1 N–H and O–H groups in total. The summed E-state index contributed by atoms with van der Waals surface area (Å²) in [6.07, 6.45) is 4.27. The Morgan fingerprint density at radius 2 is 1.94 bits per heavy atom. The molecule has 0 radical (unpaired) electrons. The molecule has 1 aliphatic rings. The van der Waals surface area contributed by atoms with Crippen LogP contribution in [0.4, 0.5) is 0 Å². The standard InChI is InChI=1S/C13H24N2O2S/c1-4-12-5-7-13(10-14,8-6-12)15-18(16,17)9-11(2)3/h11-12,15H,4-9H2,1-3H3. The Balaban J connectivity index is 2.71. The highest BCUT2D eigenvalue weighted by molar-refractivity contribution is 7.89. The van der Waals surface area contributed by atoms with Crippen LogP contribution < -0.4 is 4.72 Å². The van der Waals surface area contributed by atoms with Crippen molar-refractivity contribution in [3.8, 4) is 6.07 Å². The minimum atomic E-state index is -3.35. The van der Waals surface area contributed by atoms with Gasteiger partial charge in [-0.25, -0.2) is 8.42 Å². The van der Waals surface area contributed by atoms with E-state index < -0.39 is 15.6 Å². The SMILES string of the molecule is CCC1CCC(C#N)(NS(=O)(=O)CC(C)C)CC1. The molecule has 0 aromatic carbocycles. The summed E-state index contributed by atoms with van der Waals surface area (Å²) >= 11 is 0. The maximum Gasteiger partial charge on any atom is 0.213 e. The van der Waals surface area contributed by atoms with Gasteiger partial charge in [0.15, 0.2) is 0 Å². The average molecular weight is 272 g/mol. The molecule has 0 unspecified atom stereocenters. The fourth-order valence-electron chi connectivity index (χ4n) is 2.59. The maximum absolute atomic E-state index is 12.0. The van der Waals surface area contributed by atoms with E-state index in [1.165, 1.54) is 0 Å². The van der Waals surface area contributed by atoms with E-state index >= 15 is 0 Å². The van der Waals surface area contributed by atoms with E-state index in [2.05, 4.69) is 17.7 Å². The van der Waals surface area contributed by atoms with Gasteiger partial charge in [-0.1, -0.05) is 27.2 Å². The molecule has 0 aromatic rings. The van der Waals surface area contributed by atoms with Crippen LogP contribution in [0.1, 0.15) is 52.9 Å². The van der Waals surface area contributed by atoms with Crippen LogP contribution in [0.5, 0.6) is 0 Å². The molecule has 0 aromatic heterocycles. The summed E-state index contributed by atoms with van der Waals surface area (Å²) in [6.45, 7) is 5.88. The molecule has 1 saturated carbocycles. The first-order chi connectivity index (χ1) is 8.32. The van der Waals surface area contributed by atoms with Gasteiger partial charge >= 0.3 is 0 Å². The van der Waals surface area contributed by atoms with Gasteiger partial charge in [-0.15, -0.1) is 0 Å². The molecule has 0 bridgehead atoms. The number of hydrogen-bond acceptors (Lipinski definition) is 3. The van der Waals surface area contributed by atoms with Gasteiger partial charge in [-0.2, -0.15) is 9.98 Å². The lowest BCUT2D eigenvalue weighted by Gasteiger charge is -2.35. The molecule has 0 amide bonds. The zero-order valence-electron chi connectivity index (χ0n) is 11.6. The van der Waals surface area contributed by atoms with Gasteiger partial charge in [0.1, 0.15) is 5.54 Å². The van der Waals surface area contributed by atoms with Crippen molar-refractivity contribution in [2.24, 2.45) is 11.8 Å². The average Bonchev–Trinajstić information content (AvgIpc) is 2.27. The van der Waals surface area contributed by atoms with Crippen LogP contribution in [0.15, 0.2) is 0 Å². The van der Waals surface area contributed by atoms with Crippen molar-refractivity contribution < 1.29 is 8.42 Å². The van der Waals surface area contributed by atoms with E-state index in [4.69, 9.17) is 0 Å². The van der Waals surface area contributed by atoms with Gasteiger partial charge in [0.25, 0.3) is 0 Å². The van der Waals surface area contributed by atoms with Gasteiger partial charge in [0, 0.05) is 0 Å². The minimum absolute atomic E-state index is 0.0743. The van der Waals surface area contributed by atoms with Gasteiger partial charge in [0.2, 0.25) is 10.0 Å². The van der Waals surface area contributed by atoms with E-state index in [-0.39, 0.29) is 11.7 Å². The van der Waals surface area contributed by atoms with Crippen molar-refractivity contribution in [3.63, 3.8) is 0 Å². The molecular weight excluding hydrogens is 248 g/mol. The summed E-state index contributed by atoms with van der Waals surface area (Å²) in [7, 11) is -3.35. The Labute approximate surface area is 111 Å². The Kier molecular flexibility index (Phi) is 5.18. The first kappa shape index (κ1) is 15.5. The smallest absolute Gasteiger partial charge is 0.212 e. The number of nitriles is 1. The quantitative estimate of drug-likeness (QED) is 0.835. The highest BCUT2D eigenvalue weighted by atomic mass is 32.2. The van der Waals surface area contributed by atoms with Crippen LogP contribution in [0.2, 0.25) is 0 Å². The topological polar surface area (TPSA) is 70.0 Å². The molecule has 0 spiro atoms. The number of hydrogen-bond donors (Lipinski definition) is 1. The molecule has 1 rings (SSSR count). The van der Waals surface area contributed by atoms with Crippen LogP contribution in [-0.2, 0) is 10.0 Å². The summed E-state index contributed by atoms with van der Waals surface area (Å²) in [5, 5.41) is 9.32. The van der Waals surface area contributed by atoms with Crippen LogP contribution in [0.25, 0.3) is 0 Å². The predicted octanol–water partition coefficient (Wildman–Crippen LogP) is 2.42. The lowest BCUT2D eigenvalue weighted by molar-refractivity contribution is 0.259. The molecular formula is C13H24N2O2S. The Bertz CT molecular complexity index is 401. The fraction of sp³-hybridized carbons (Fsp3) is 0.923.